The summed E-state index contributed by atoms with van der Waals surface area (Å²) in [4.78, 5) is 12.0. The summed E-state index contributed by atoms with van der Waals surface area (Å²) in [5.41, 5.74) is 1.49. The van der Waals surface area contributed by atoms with Crippen LogP contribution in [0.15, 0.2) is 48.5 Å². The van der Waals surface area contributed by atoms with Crippen LogP contribution in [0.3, 0.4) is 0 Å². The number of aromatic nitrogens is 2. The topological polar surface area (TPSA) is 96.4 Å². The number of carbonyl (C=O) groups is 1. The Morgan fingerprint density at radius 2 is 1.96 bits per heavy atom. The standard InChI is InChI=1S/C17H16N4O3S/c1-24-13-9-5-8-12(14(13)22)10-18-16(23)19-17-21-20-15(25-17)11-6-3-2-4-7-11/h2-9,22H,10H2,1H3,(H2,18,19,21,23). The Hall–Kier alpha value is -3.13. The van der Waals surface area contributed by atoms with Crippen molar-refractivity contribution in [3.63, 3.8) is 0 Å². The average molecular weight is 356 g/mol. The van der Waals surface area contributed by atoms with Crippen molar-refractivity contribution >= 4 is 22.5 Å². The first-order chi connectivity index (χ1) is 12.2. The molecule has 0 aliphatic heterocycles. The Balaban J connectivity index is 1.59. The highest BCUT2D eigenvalue weighted by molar-refractivity contribution is 7.18. The Labute approximate surface area is 148 Å². The lowest BCUT2D eigenvalue weighted by Gasteiger charge is -2.09. The van der Waals surface area contributed by atoms with Gasteiger partial charge < -0.3 is 15.2 Å². The van der Waals surface area contributed by atoms with Crippen LogP contribution in [0.25, 0.3) is 10.6 Å². The van der Waals surface area contributed by atoms with Gasteiger partial charge in [0.2, 0.25) is 5.13 Å². The average Bonchev–Trinajstić information content (AvgIpc) is 3.10. The molecule has 7 nitrogen and oxygen atoms in total. The predicted octanol–water partition coefficient (Wildman–Crippen LogP) is 3.24. The fraction of sp³-hybridized carbons (Fsp3) is 0.118. The summed E-state index contributed by atoms with van der Waals surface area (Å²) in [6, 6.07) is 14.3. The van der Waals surface area contributed by atoms with Gasteiger partial charge in [0, 0.05) is 17.7 Å². The monoisotopic (exact) mass is 356 g/mol. The van der Waals surface area contributed by atoms with Crippen LogP contribution in [-0.2, 0) is 6.54 Å². The van der Waals surface area contributed by atoms with Crippen molar-refractivity contribution in [1.29, 1.82) is 0 Å². The van der Waals surface area contributed by atoms with Crippen molar-refractivity contribution in [3.8, 4) is 22.1 Å². The van der Waals surface area contributed by atoms with Gasteiger partial charge in [-0.25, -0.2) is 4.79 Å². The number of hydrogen-bond donors (Lipinski definition) is 3. The fourth-order valence-electron chi connectivity index (χ4n) is 2.16. The van der Waals surface area contributed by atoms with Crippen LogP contribution in [0.1, 0.15) is 5.56 Å². The molecular weight excluding hydrogens is 340 g/mol. The minimum absolute atomic E-state index is 0.00702. The SMILES string of the molecule is COc1cccc(CNC(=O)Nc2nnc(-c3ccccc3)s2)c1O. The zero-order chi connectivity index (χ0) is 17.6. The van der Waals surface area contributed by atoms with Crippen LogP contribution in [0.2, 0.25) is 0 Å². The fourth-order valence-corrected chi connectivity index (χ4v) is 2.91. The summed E-state index contributed by atoms with van der Waals surface area (Å²) in [5, 5.41) is 24.4. The third-order valence-electron chi connectivity index (χ3n) is 3.41. The van der Waals surface area contributed by atoms with Crippen molar-refractivity contribution in [1.82, 2.24) is 15.5 Å². The van der Waals surface area contributed by atoms with Crippen molar-refractivity contribution in [2.24, 2.45) is 0 Å². The molecule has 1 aromatic heterocycles. The zero-order valence-corrected chi connectivity index (χ0v) is 14.2. The number of ether oxygens (including phenoxy) is 1. The van der Waals surface area contributed by atoms with Crippen LogP contribution in [-0.4, -0.2) is 28.4 Å². The van der Waals surface area contributed by atoms with Gasteiger partial charge in [-0.1, -0.05) is 53.8 Å². The molecule has 8 heteroatoms. The van der Waals surface area contributed by atoms with E-state index in [0.717, 1.165) is 10.6 Å². The summed E-state index contributed by atoms with van der Waals surface area (Å²) in [5.74, 6) is 0.365. The molecule has 3 aromatic rings. The second-order valence-corrected chi connectivity index (χ2v) is 6.03. The molecule has 0 fully saturated rings. The molecule has 0 spiro atoms. The number of amides is 2. The molecule has 0 aliphatic rings. The van der Waals surface area contributed by atoms with Crippen molar-refractivity contribution in [3.05, 3.63) is 54.1 Å². The largest absolute Gasteiger partial charge is 0.504 e. The van der Waals surface area contributed by atoms with Crippen molar-refractivity contribution < 1.29 is 14.6 Å². The number of nitrogens with one attached hydrogen (secondary N) is 2. The van der Waals surface area contributed by atoms with Crippen molar-refractivity contribution in [2.45, 2.75) is 6.54 Å². The van der Waals surface area contributed by atoms with Crippen molar-refractivity contribution in [2.75, 3.05) is 12.4 Å². The number of aromatic hydroxyl groups is 1. The molecule has 25 heavy (non-hydrogen) atoms. The molecule has 3 N–H and O–H groups in total. The minimum Gasteiger partial charge on any atom is -0.504 e. The number of phenolic OH excluding ortho intramolecular Hbond substituents is 1. The number of methoxy groups -OCH3 is 1. The normalized spacial score (nSPS) is 10.3. The number of benzene rings is 2. The number of carbonyl (C=O) groups excluding carboxylic acids is 1. The van der Waals surface area contributed by atoms with E-state index in [2.05, 4.69) is 20.8 Å². The number of urea groups is 1. The molecule has 128 valence electrons. The van der Waals surface area contributed by atoms with Gasteiger partial charge in [-0.2, -0.15) is 0 Å². The Morgan fingerprint density at radius 1 is 1.16 bits per heavy atom. The van der Waals surface area contributed by atoms with Crippen LogP contribution in [0, 0.1) is 0 Å². The molecule has 0 bridgehead atoms. The van der Waals surface area contributed by atoms with E-state index in [1.54, 1.807) is 18.2 Å². The smallest absolute Gasteiger partial charge is 0.321 e. The minimum atomic E-state index is -0.432. The molecule has 2 amide bonds. The van der Waals surface area contributed by atoms with Crippen LogP contribution < -0.4 is 15.4 Å². The summed E-state index contributed by atoms with van der Waals surface area (Å²) in [6.07, 6.45) is 0. The number of rotatable bonds is 5. The predicted molar refractivity (Wildman–Crippen MR) is 95.9 cm³/mol. The second-order valence-electron chi connectivity index (χ2n) is 5.05. The zero-order valence-electron chi connectivity index (χ0n) is 13.4. The van der Waals surface area contributed by atoms with Gasteiger partial charge in [0.1, 0.15) is 5.01 Å². The number of hydrogen-bond acceptors (Lipinski definition) is 6. The Morgan fingerprint density at radius 3 is 2.72 bits per heavy atom. The molecule has 3 rings (SSSR count). The Bertz CT molecular complexity index is 867. The van der Waals surface area contributed by atoms with E-state index in [9.17, 15) is 9.90 Å². The molecule has 0 unspecified atom stereocenters. The maximum atomic E-state index is 12.0. The first-order valence-corrected chi connectivity index (χ1v) is 8.27. The maximum Gasteiger partial charge on any atom is 0.321 e. The van der Waals surface area contributed by atoms with E-state index < -0.39 is 6.03 Å². The molecule has 0 saturated carbocycles. The lowest BCUT2D eigenvalue weighted by molar-refractivity contribution is 0.251. The summed E-state index contributed by atoms with van der Waals surface area (Å²) < 4.78 is 5.04. The van der Waals surface area contributed by atoms with Crippen LogP contribution >= 0.6 is 11.3 Å². The number of anilines is 1. The molecule has 0 radical (unpaired) electrons. The van der Waals surface area contributed by atoms with Gasteiger partial charge in [0.05, 0.1) is 7.11 Å². The lowest BCUT2D eigenvalue weighted by Crippen LogP contribution is -2.28. The maximum absolute atomic E-state index is 12.0. The summed E-state index contributed by atoms with van der Waals surface area (Å²) >= 11 is 1.28. The highest BCUT2D eigenvalue weighted by Crippen LogP contribution is 2.29. The molecule has 0 saturated heterocycles. The van der Waals surface area contributed by atoms with E-state index in [-0.39, 0.29) is 12.3 Å². The van der Waals surface area contributed by atoms with Gasteiger partial charge in [-0.3, -0.25) is 5.32 Å². The number of nitrogens with zero attached hydrogens (tertiary/aromatic N) is 2. The van der Waals surface area contributed by atoms with E-state index in [1.165, 1.54) is 18.4 Å². The molecule has 0 atom stereocenters. The van der Waals surface area contributed by atoms with Gasteiger partial charge in [-0.05, 0) is 6.07 Å². The van der Waals surface area contributed by atoms with E-state index in [0.29, 0.717) is 16.4 Å². The molecule has 1 heterocycles. The summed E-state index contributed by atoms with van der Waals surface area (Å²) in [6.45, 7) is 0.152. The number of para-hydroxylation sites is 1. The van der Waals surface area contributed by atoms with Gasteiger partial charge >= 0.3 is 6.03 Å². The number of phenols is 1. The second kappa shape index (κ2) is 7.63. The van der Waals surface area contributed by atoms with E-state index in [1.807, 2.05) is 30.3 Å². The first-order valence-electron chi connectivity index (χ1n) is 7.46. The third kappa shape index (κ3) is 4.04. The van der Waals surface area contributed by atoms with Gasteiger partial charge in [-0.15, -0.1) is 10.2 Å². The van der Waals surface area contributed by atoms with Crippen LogP contribution in [0.4, 0.5) is 9.93 Å². The quantitative estimate of drug-likeness (QED) is 0.652. The van der Waals surface area contributed by atoms with Gasteiger partial charge in [0.25, 0.3) is 0 Å². The lowest BCUT2D eigenvalue weighted by atomic mass is 10.2. The van der Waals surface area contributed by atoms with E-state index in [4.69, 9.17) is 4.74 Å². The van der Waals surface area contributed by atoms with Crippen LogP contribution in [0.5, 0.6) is 11.5 Å². The third-order valence-corrected chi connectivity index (χ3v) is 4.30. The van der Waals surface area contributed by atoms with Gasteiger partial charge in [0.15, 0.2) is 11.5 Å². The Kier molecular flexibility index (Phi) is 5.10. The molecular formula is C17H16N4O3S. The molecule has 0 aliphatic carbocycles. The summed E-state index contributed by atoms with van der Waals surface area (Å²) in [7, 11) is 1.47. The highest BCUT2D eigenvalue weighted by Gasteiger charge is 2.11. The van der Waals surface area contributed by atoms with E-state index >= 15 is 0 Å². The molecule has 2 aromatic carbocycles. The first kappa shape index (κ1) is 16.7. The highest BCUT2D eigenvalue weighted by atomic mass is 32.1.